The van der Waals surface area contributed by atoms with Crippen LogP contribution >= 0.6 is 0 Å². The Balaban J connectivity index is 2.09. The summed E-state index contributed by atoms with van der Waals surface area (Å²) >= 11 is 0. The summed E-state index contributed by atoms with van der Waals surface area (Å²) in [7, 11) is 1.57. The van der Waals surface area contributed by atoms with E-state index in [1.165, 1.54) is 0 Å². The van der Waals surface area contributed by atoms with E-state index >= 15 is 0 Å². The molecule has 0 aliphatic carbocycles. The minimum Gasteiger partial charge on any atom is -0.496 e. The molecule has 0 heterocycles. The van der Waals surface area contributed by atoms with Gasteiger partial charge in [0, 0.05) is 11.3 Å². The summed E-state index contributed by atoms with van der Waals surface area (Å²) in [5.41, 5.74) is 2.51. The molecular weight excluding hydrogens is 294 g/mol. The van der Waals surface area contributed by atoms with E-state index in [1.54, 1.807) is 50.4 Å². The number of carbonyl (C=O) groups excluding carboxylic acids is 2. The molecule has 2 rings (SSSR count). The van der Waals surface area contributed by atoms with Gasteiger partial charge in [0.15, 0.2) is 0 Å². The van der Waals surface area contributed by atoms with Crippen LogP contribution in [0.2, 0.25) is 0 Å². The molecule has 2 aromatic rings. The molecule has 0 saturated heterocycles. The Kier molecular flexibility index (Phi) is 5.36. The van der Waals surface area contributed by atoms with E-state index in [4.69, 9.17) is 9.47 Å². The van der Waals surface area contributed by atoms with Gasteiger partial charge in [-0.05, 0) is 55.8 Å². The van der Waals surface area contributed by atoms with Gasteiger partial charge in [0.25, 0.3) is 5.91 Å². The van der Waals surface area contributed by atoms with E-state index in [0.717, 1.165) is 5.56 Å². The number of amides is 1. The Labute approximate surface area is 135 Å². The number of hydrogen-bond donors (Lipinski definition) is 1. The molecule has 0 radical (unpaired) electrons. The molecule has 0 aliphatic rings. The van der Waals surface area contributed by atoms with Crippen LogP contribution < -0.4 is 10.1 Å². The van der Waals surface area contributed by atoms with E-state index < -0.39 is 0 Å². The van der Waals surface area contributed by atoms with Crippen LogP contribution in [0, 0.1) is 6.92 Å². The highest BCUT2D eigenvalue weighted by Crippen LogP contribution is 2.20. The molecular formula is C18H19NO4. The van der Waals surface area contributed by atoms with E-state index in [9.17, 15) is 9.59 Å². The summed E-state index contributed by atoms with van der Waals surface area (Å²) < 4.78 is 10.1. The fraction of sp³-hybridized carbons (Fsp3) is 0.222. The molecule has 2 aromatic carbocycles. The summed E-state index contributed by atoms with van der Waals surface area (Å²) in [6.45, 7) is 3.99. The molecule has 0 unspecified atom stereocenters. The predicted octanol–water partition coefficient (Wildman–Crippen LogP) is 3.43. The van der Waals surface area contributed by atoms with Crippen molar-refractivity contribution in [2.24, 2.45) is 0 Å². The number of ether oxygens (including phenoxy) is 2. The van der Waals surface area contributed by atoms with E-state index in [0.29, 0.717) is 29.2 Å². The molecule has 1 amide bonds. The van der Waals surface area contributed by atoms with Crippen molar-refractivity contribution in [2.75, 3.05) is 19.0 Å². The van der Waals surface area contributed by atoms with Crippen molar-refractivity contribution >= 4 is 17.6 Å². The molecule has 5 nitrogen and oxygen atoms in total. The highest BCUT2D eigenvalue weighted by Gasteiger charge is 2.10. The zero-order valence-electron chi connectivity index (χ0n) is 13.4. The van der Waals surface area contributed by atoms with Gasteiger partial charge in [0.05, 0.1) is 19.3 Å². The van der Waals surface area contributed by atoms with Crippen molar-refractivity contribution in [1.29, 1.82) is 0 Å². The highest BCUT2D eigenvalue weighted by molar-refractivity contribution is 6.04. The first-order valence-electron chi connectivity index (χ1n) is 7.28. The first kappa shape index (κ1) is 16.5. The van der Waals surface area contributed by atoms with E-state index in [1.807, 2.05) is 13.0 Å². The molecule has 5 heteroatoms. The molecule has 0 saturated carbocycles. The zero-order valence-corrected chi connectivity index (χ0v) is 13.4. The molecule has 0 fully saturated rings. The van der Waals surface area contributed by atoms with Gasteiger partial charge in [-0.15, -0.1) is 0 Å². The second-order valence-corrected chi connectivity index (χ2v) is 4.94. The number of esters is 1. The van der Waals surface area contributed by atoms with Crippen LogP contribution in [0.1, 0.15) is 33.2 Å². The fourth-order valence-electron chi connectivity index (χ4n) is 2.07. The lowest BCUT2D eigenvalue weighted by Crippen LogP contribution is -2.12. The van der Waals surface area contributed by atoms with Gasteiger partial charge in [0.1, 0.15) is 5.75 Å². The van der Waals surface area contributed by atoms with Crippen molar-refractivity contribution in [3.63, 3.8) is 0 Å². The number of hydrogen-bond acceptors (Lipinski definition) is 4. The number of aryl methyl sites for hydroxylation is 1. The van der Waals surface area contributed by atoms with Gasteiger partial charge in [-0.3, -0.25) is 4.79 Å². The summed E-state index contributed by atoms with van der Waals surface area (Å²) in [6.07, 6.45) is 0. The maximum absolute atomic E-state index is 12.3. The Hall–Kier alpha value is -2.82. The lowest BCUT2D eigenvalue weighted by molar-refractivity contribution is 0.0526. The molecule has 0 aliphatic heterocycles. The summed E-state index contributed by atoms with van der Waals surface area (Å²) in [5, 5.41) is 2.78. The Bertz CT molecular complexity index is 707. The largest absolute Gasteiger partial charge is 0.496 e. The minimum absolute atomic E-state index is 0.243. The normalized spacial score (nSPS) is 10.0. The van der Waals surface area contributed by atoms with E-state index in [-0.39, 0.29) is 11.9 Å². The Morgan fingerprint density at radius 2 is 1.70 bits per heavy atom. The van der Waals surface area contributed by atoms with Crippen LogP contribution in [-0.2, 0) is 4.74 Å². The van der Waals surface area contributed by atoms with Gasteiger partial charge in [-0.25, -0.2) is 4.79 Å². The second-order valence-electron chi connectivity index (χ2n) is 4.94. The van der Waals surface area contributed by atoms with Crippen molar-refractivity contribution in [1.82, 2.24) is 0 Å². The Morgan fingerprint density at radius 3 is 2.30 bits per heavy atom. The standard InChI is InChI=1S/C18H19NO4/c1-4-23-18(21)13-7-9-15(10-8-13)19-17(20)14-6-5-12(2)16(11-14)22-3/h5-11H,4H2,1-3H3,(H,19,20). The maximum Gasteiger partial charge on any atom is 0.338 e. The van der Waals surface area contributed by atoms with Crippen LogP contribution in [0.25, 0.3) is 0 Å². The third kappa shape index (κ3) is 4.10. The lowest BCUT2D eigenvalue weighted by atomic mass is 10.1. The monoisotopic (exact) mass is 313 g/mol. The number of anilines is 1. The predicted molar refractivity (Wildman–Crippen MR) is 88.1 cm³/mol. The van der Waals surface area contributed by atoms with Gasteiger partial charge in [-0.2, -0.15) is 0 Å². The number of nitrogens with one attached hydrogen (secondary N) is 1. The lowest BCUT2D eigenvalue weighted by Gasteiger charge is -2.09. The molecule has 0 spiro atoms. The maximum atomic E-state index is 12.3. The van der Waals surface area contributed by atoms with Crippen molar-refractivity contribution in [2.45, 2.75) is 13.8 Å². The first-order valence-corrected chi connectivity index (χ1v) is 7.28. The number of benzene rings is 2. The molecule has 23 heavy (non-hydrogen) atoms. The first-order chi connectivity index (χ1) is 11.0. The molecule has 1 N–H and O–H groups in total. The van der Waals surface area contributed by atoms with Crippen LogP contribution in [0.4, 0.5) is 5.69 Å². The smallest absolute Gasteiger partial charge is 0.338 e. The zero-order chi connectivity index (χ0) is 16.8. The second kappa shape index (κ2) is 7.45. The van der Waals surface area contributed by atoms with Crippen LogP contribution in [0.3, 0.4) is 0 Å². The average molecular weight is 313 g/mol. The summed E-state index contributed by atoms with van der Waals surface area (Å²) in [6, 6.07) is 11.8. The van der Waals surface area contributed by atoms with Gasteiger partial charge in [-0.1, -0.05) is 6.07 Å². The van der Waals surface area contributed by atoms with E-state index in [2.05, 4.69) is 5.32 Å². The van der Waals surface area contributed by atoms with Gasteiger partial charge >= 0.3 is 5.97 Å². The minimum atomic E-state index is -0.381. The topological polar surface area (TPSA) is 64.6 Å². The van der Waals surface area contributed by atoms with Crippen LogP contribution in [0.15, 0.2) is 42.5 Å². The summed E-state index contributed by atoms with van der Waals surface area (Å²) in [5.74, 6) is 0.0381. The van der Waals surface area contributed by atoms with Crippen molar-refractivity contribution in [3.05, 3.63) is 59.2 Å². The van der Waals surface area contributed by atoms with Crippen molar-refractivity contribution in [3.8, 4) is 5.75 Å². The third-order valence-corrected chi connectivity index (χ3v) is 3.32. The SMILES string of the molecule is CCOC(=O)c1ccc(NC(=O)c2ccc(C)c(OC)c2)cc1. The molecule has 0 aromatic heterocycles. The molecule has 120 valence electrons. The number of methoxy groups -OCH3 is 1. The van der Waals surface area contributed by atoms with Crippen molar-refractivity contribution < 1.29 is 19.1 Å². The van der Waals surface area contributed by atoms with Gasteiger partial charge in [0.2, 0.25) is 0 Å². The van der Waals surface area contributed by atoms with Gasteiger partial charge < -0.3 is 14.8 Å². The van der Waals surface area contributed by atoms with Crippen LogP contribution in [0.5, 0.6) is 5.75 Å². The third-order valence-electron chi connectivity index (χ3n) is 3.32. The number of rotatable bonds is 5. The summed E-state index contributed by atoms with van der Waals surface area (Å²) in [4.78, 5) is 23.8. The molecule has 0 bridgehead atoms. The number of carbonyl (C=O) groups is 2. The van der Waals surface area contributed by atoms with Crippen LogP contribution in [-0.4, -0.2) is 25.6 Å². The quantitative estimate of drug-likeness (QED) is 0.859. The Morgan fingerprint density at radius 1 is 1.04 bits per heavy atom. The average Bonchev–Trinajstić information content (AvgIpc) is 2.56. The highest BCUT2D eigenvalue weighted by atomic mass is 16.5. The fourth-order valence-corrected chi connectivity index (χ4v) is 2.07. The molecule has 0 atom stereocenters.